The number of hydrogen-bond acceptors (Lipinski definition) is 5. The van der Waals surface area contributed by atoms with E-state index in [2.05, 4.69) is 20.6 Å². The van der Waals surface area contributed by atoms with Crippen LogP contribution in [0.1, 0.15) is 5.82 Å². The van der Waals surface area contributed by atoms with Crippen LogP contribution in [0.25, 0.3) is 0 Å². The highest BCUT2D eigenvalue weighted by Gasteiger charge is 2.09. The molecule has 7 heteroatoms. The molecule has 0 aliphatic carbocycles. The number of anilines is 4. The van der Waals surface area contributed by atoms with Crippen LogP contribution in [0, 0.1) is 6.92 Å². The third-order valence-corrected chi connectivity index (χ3v) is 4.03. The van der Waals surface area contributed by atoms with Crippen LogP contribution in [0.5, 0.6) is 5.75 Å². The molecule has 2 N–H and O–H groups in total. The van der Waals surface area contributed by atoms with Gasteiger partial charge in [-0.25, -0.2) is 9.97 Å². The maximum Gasteiger partial charge on any atom is 0.136 e. The molecule has 128 valence electrons. The number of halogens is 2. The molecule has 0 bridgehead atoms. The molecule has 3 aromatic rings. The van der Waals surface area contributed by atoms with Crippen molar-refractivity contribution in [2.45, 2.75) is 6.92 Å². The number of aromatic nitrogens is 2. The van der Waals surface area contributed by atoms with Gasteiger partial charge in [0, 0.05) is 17.8 Å². The molecule has 0 aliphatic rings. The Balaban J connectivity index is 1.87. The molecule has 3 rings (SSSR count). The highest BCUT2D eigenvalue weighted by Crippen LogP contribution is 2.32. The minimum Gasteiger partial charge on any atom is -0.497 e. The minimum atomic E-state index is 0.520. The highest BCUT2D eigenvalue weighted by atomic mass is 35.5. The third-order valence-electron chi connectivity index (χ3n) is 3.40. The predicted octanol–water partition coefficient (Wildman–Crippen LogP) is 5.59. The summed E-state index contributed by atoms with van der Waals surface area (Å²) in [5, 5.41) is 7.43. The number of para-hydroxylation sites is 1. The monoisotopic (exact) mass is 374 g/mol. The Bertz CT molecular complexity index is 882. The first-order valence-electron chi connectivity index (χ1n) is 7.53. The Morgan fingerprint density at radius 3 is 2.20 bits per heavy atom. The van der Waals surface area contributed by atoms with Gasteiger partial charge < -0.3 is 15.4 Å². The van der Waals surface area contributed by atoms with Crippen LogP contribution in [0.2, 0.25) is 10.0 Å². The number of rotatable bonds is 5. The topological polar surface area (TPSA) is 59.1 Å². The van der Waals surface area contributed by atoms with Gasteiger partial charge in [0.1, 0.15) is 23.2 Å². The normalized spacial score (nSPS) is 10.4. The largest absolute Gasteiger partial charge is 0.497 e. The van der Waals surface area contributed by atoms with Crippen molar-refractivity contribution in [3.8, 4) is 5.75 Å². The average molecular weight is 375 g/mol. The van der Waals surface area contributed by atoms with Gasteiger partial charge >= 0.3 is 0 Å². The predicted molar refractivity (Wildman–Crippen MR) is 103 cm³/mol. The Hall–Kier alpha value is -2.50. The summed E-state index contributed by atoms with van der Waals surface area (Å²) in [6.45, 7) is 1.82. The van der Waals surface area contributed by atoms with Gasteiger partial charge in [0.2, 0.25) is 0 Å². The van der Waals surface area contributed by atoms with Crippen LogP contribution in [0.15, 0.2) is 48.5 Å². The first-order valence-corrected chi connectivity index (χ1v) is 8.28. The second-order valence-electron chi connectivity index (χ2n) is 5.26. The maximum absolute atomic E-state index is 6.20. The minimum absolute atomic E-state index is 0.520. The highest BCUT2D eigenvalue weighted by molar-refractivity contribution is 6.39. The van der Waals surface area contributed by atoms with Crippen LogP contribution in [0.4, 0.5) is 23.0 Å². The van der Waals surface area contributed by atoms with Crippen LogP contribution >= 0.6 is 23.2 Å². The molecule has 2 aromatic carbocycles. The lowest BCUT2D eigenvalue weighted by molar-refractivity contribution is 0.415. The average Bonchev–Trinajstić information content (AvgIpc) is 2.58. The van der Waals surface area contributed by atoms with Crippen molar-refractivity contribution in [1.82, 2.24) is 9.97 Å². The summed E-state index contributed by atoms with van der Waals surface area (Å²) >= 11 is 12.4. The lowest BCUT2D eigenvalue weighted by Crippen LogP contribution is -2.02. The second kappa shape index (κ2) is 7.59. The van der Waals surface area contributed by atoms with E-state index in [1.165, 1.54) is 0 Å². The zero-order valence-corrected chi connectivity index (χ0v) is 15.2. The molecule has 0 spiro atoms. The fraction of sp³-hybridized carbons (Fsp3) is 0.111. The van der Waals surface area contributed by atoms with Crippen molar-refractivity contribution in [2.24, 2.45) is 0 Å². The second-order valence-corrected chi connectivity index (χ2v) is 6.08. The summed E-state index contributed by atoms with van der Waals surface area (Å²) < 4.78 is 5.23. The molecule has 1 aromatic heterocycles. The summed E-state index contributed by atoms with van der Waals surface area (Å²) in [5.41, 5.74) is 1.47. The Morgan fingerprint density at radius 1 is 0.880 bits per heavy atom. The van der Waals surface area contributed by atoms with Gasteiger partial charge in [-0.15, -0.1) is 0 Å². The molecule has 0 saturated carbocycles. The third kappa shape index (κ3) is 4.32. The number of hydrogen-bond donors (Lipinski definition) is 2. The van der Waals surface area contributed by atoms with Crippen LogP contribution < -0.4 is 15.4 Å². The summed E-state index contributed by atoms with van der Waals surface area (Å²) in [4.78, 5) is 8.78. The Kier molecular flexibility index (Phi) is 5.26. The Labute approximate surface area is 156 Å². The van der Waals surface area contributed by atoms with E-state index in [4.69, 9.17) is 27.9 Å². The molecule has 0 amide bonds. The first kappa shape index (κ1) is 17.3. The molecule has 0 saturated heterocycles. The van der Waals surface area contributed by atoms with Gasteiger partial charge in [-0.05, 0) is 31.2 Å². The quantitative estimate of drug-likeness (QED) is 0.609. The van der Waals surface area contributed by atoms with Crippen LogP contribution in [-0.4, -0.2) is 17.1 Å². The van der Waals surface area contributed by atoms with Gasteiger partial charge in [-0.2, -0.15) is 0 Å². The number of methoxy groups -OCH3 is 1. The van der Waals surface area contributed by atoms with Crippen molar-refractivity contribution < 1.29 is 4.74 Å². The molecular formula is C18H16Cl2N4O. The zero-order chi connectivity index (χ0) is 17.8. The molecule has 5 nitrogen and oxygen atoms in total. The number of nitrogens with one attached hydrogen (secondary N) is 2. The molecular weight excluding hydrogens is 359 g/mol. The van der Waals surface area contributed by atoms with Gasteiger partial charge in [0.05, 0.1) is 22.8 Å². The van der Waals surface area contributed by atoms with Crippen molar-refractivity contribution in [3.05, 3.63) is 64.4 Å². The van der Waals surface area contributed by atoms with Crippen LogP contribution in [0.3, 0.4) is 0 Å². The van der Waals surface area contributed by atoms with E-state index in [9.17, 15) is 0 Å². The number of ether oxygens (including phenoxy) is 1. The molecule has 25 heavy (non-hydrogen) atoms. The molecule has 1 heterocycles. The van der Waals surface area contributed by atoms with Gasteiger partial charge in [0.15, 0.2) is 0 Å². The van der Waals surface area contributed by atoms with E-state index in [1.807, 2.05) is 31.2 Å². The molecule has 0 aliphatic heterocycles. The van der Waals surface area contributed by atoms with E-state index in [-0.39, 0.29) is 0 Å². The van der Waals surface area contributed by atoms with E-state index < -0.39 is 0 Å². The summed E-state index contributed by atoms with van der Waals surface area (Å²) in [6.07, 6.45) is 0. The fourth-order valence-corrected chi connectivity index (χ4v) is 2.78. The van der Waals surface area contributed by atoms with E-state index in [0.29, 0.717) is 33.2 Å². The molecule has 0 unspecified atom stereocenters. The summed E-state index contributed by atoms with van der Waals surface area (Å²) in [5.74, 6) is 2.61. The fourth-order valence-electron chi connectivity index (χ4n) is 2.29. The Morgan fingerprint density at radius 2 is 1.52 bits per heavy atom. The number of aryl methyl sites for hydroxylation is 1. The van der Waals surface area contributed by atoms with E-state index in [0.717, 1.165) is 11.4 Å². The van der Waals surface area contributed by atoms with E-state index >= 15 is 0 Å². The summed E-state index contributed by atoms with van der Waals surface area (Å²) in [6, 6.07) is 14.7. The molecule has 0 radical (unpaired) electrons. The van der Waals surface area contributed by atoms with Crippen molar-refractivity contribution in [3.63, 3.8) is 0 Å². The smallest absolute Gasteiger partial charge is 0.136 e. The van der Waals surface area contributed by atoms with Gasteiger partial charge in [-0.3, -0.25) is 0 Å². The van der Waals surface area contributed by atoms with Gasteiger partial charge in [-0.1, -0.05) is 35.3 Å². The first-order chi connectivity index (χ1) is 12.0. The SMILES string of the molecule is COc1cccc(Nc2cc(Nc3c(Cl)cccc3Cl)nc(C)n2)c1. The van der Waals surface area contributed by atoms with Gasteiger partial charge in [0.25, 0.3) is 0 Å². The van der Waals surface area contributed by atoms with Crippen molar-refractivity contribution >= 4 is 46.2 Å². The lowest BCUT2D eigenvalue weighted by atomic mass is 10.3. The molecule has 0 atom stereocenters. The maximum atomic E-state index is 6.20. The lowest BCUT2D eigenvalue weighted by Gasteiger charge is -2.12. The summed E-state index contributed by atoms with van der Waals surface area (Å²) in [7, 11) is 1.63. The van der Waals surface area contributed by atoms with E-state index in [1.54, 1.807) is 31.4 Å². The number of benzene rings is 2. The van der Waals surface area contributed by atoms with Crippen molar-refractivity contribution in [1.29, 1.82) is 0 Å². The standard InChI is InChI=1S/C18H16Cl2N4O/c1-11-21-16(23-12-5-3-6-13(9-12)25-2)10-17(22-11)24-18-14(19)7-4-8-15(18)20/h3-10H,1-2H3,(H2,21,22,23,24). The van der Waals surface area contributed by atoms with Crippen molar-refractivity contribution in [2.75, 3.05) is 17.7 Å². The zero-order valence-electron chi connectivity index (χ0n) is 13.7. The number of nitrogens with zero attached hydrogens (tertiary/aromatic N) is 2. The molecule has 0 fully saturated rings. The van der Waals surface area contributed by atoms with Crippen LogP contribution in [-0.2, 0) is 0 Å².